The average molecular weight is 363 g/mol. The van der Waals surface area contributed by atoms with Gasteiger partial charge in [-0.3, -0.25) is 0 Å². The van der Waals surface area contributed by atoms with E-state index in [0.29, 0.717) is 22.6 Å². The van der Waals surface area contributed by atoms with E-state index >= 15 is 0 Å². The van der Waals surface area contributed by atoms with Crippen molar-refractivity contribution in [3.8, 4) is 11.5 Å². The van der Waals surface area contributed by atoms with Crippen molar-refractivity contribution in [1.29, 1.82) is 0 Å². The summed E-state index contributed by atoms with van der Waals surface area (Å²) in [5.74, 6) is -2.96. The van der Waals surface area contributed by atoms with Crippen molar-refractivity contribution in [2.75, 3.05) is 5.73 Å². The molecule has 0 atom stereocenters. The molecule has 136 valence electrons. The standard InChI is InChI=1S/C17H15F6NO/c1-9-7-12(24)8-10(2)14(9)25-13-5-3-11(4-6-13)15(16(18,19)20)17(21,22)23/h3-8,15H,24H2,1-2H3. The molecule has 0 heterocycles. The molecule has 0 saturated carbocycles. The number of halogens is 6. The number of nitrogens with two attached hydrogens (primary N) is 1. The topological polar surface area (TPSA) is 35.2 Å². The highest BCUT2D eigenvalue weighted by Gasteiger charge is 2.57. The molecule has 0 amide bonds. The molecule has 0 spiro atoms. The second kappa shape index (κ2) is 6.50. The Morgan fingerprint density at radius 1 is 0.840 bits per heavy atom. The van der Waals surface area contributed by atoms with Crippen LogP contribution in [0.1, 0.15) is 22.6 Å². The highest BCUT2D eigenvalue weighted by molar-refractivity contribution is 5.53. The van der Waals surface area contributed by atoms with Gasteiger partial charge in [-0.1, -0.05) is 12.1 Å². The van der Waals surface area contributed by atoms with Crippen LogP contribution in [0, 0.1) is 13.8 Å². The van der Waals surface area contributed by atoms with Gasteiger partial charge in [-0.15, -0.1) is 0 Å². The molecule has 8 heteroatoms. The lowest BCUT2D eigenvalue weighted by atomic mass is 9.98. The highest BCUT2D eigenvalue weighted by atomic mass is 19.4. The van der Waals surface area contributed by atoms with E-state index in [4.69, 9.17) is 10.5 Å². The molecule has 0 saturated heterocycles. The second-order valence-electron chi connectivity index (χ2n) is 5.67. The first-order chi connectivity index (χ1) is 11.4. The van der Waals surface area contributed by atoms with Gasteiger partial charge in [0, 0.05) is 5.69 Å². The van der Waals surface area contributed by atoms with Gasteiger partial charge in [-0.05, 0) is 54.8 Å². The van der Waals surface area contributed by atoms with Crippen LogP contribution in [0.3, 0.4) is 0 Å². The molecule has 0 aliphatic heterocycles. The first kappa shape index (κ1) is 19.0. The second-order valence-corrected chi connectivity index (χ2v) is 5.67. The molecular weight excluding hydrogens is 348 g/mol. The first-order valence-corrected chi connectivity index (χ1v) is 7.17. The van der Waals surface area contributed by atoms with Crippen LogP contribution in [0.25, 0.3) is 0 Å². The van der Waals surface area contributed by atoms with Crippen molar-refractivity contribution in [1.82, 2.24) is 0 Å². The molecule has 0 fully saturated rings. The number of alkyl halides is 6. The fourth-order valence-corrected chi connectivity index (χ4v) is 2.55. The van der Waals surface area contributed by atoms with Gasteiger partial charge in [0.1, 0.15) is 11.5 Å². The van der Waals surface area contributed by atoms with Crippen molar-refractivity contribution in [2.24, 2.45) is 0 Å². The Kier molecular flexibility index (Phi) is 4.92. The van der Waals surface area contributed by atoms with Gasteiger partial charge in [0.2, 0.25) is 0 Å². The minimum atomic E-state index is -5.43. The SMILES string of the molecule is Cc1cc(N)cc(C)c1Oc1ccc(C(C(F)(F)F)C(F)(F)F)cc1. The smallest absolute Gasteiger partial charge is 0.404 e. The predicted octanol–water partition coefficient (Wildman–Crippen LogP) is 5.89. The maximum Gasteiger partial charge on any atom is 0.404 e. The van der Waals surface area contributed by atoms with Crippen LogP contribution in [0.15, 0.2) is 36.4 Å². The Morgan fingerprint density at radius 3 is 1.68 bits per heavy atom. The van der Waals surface area contributed by atoms with Gasteiger partial charge in [0.05, 0.1) is 0 Å². The lowest BCUT2D eigenvalue weighted by Gasteiger charge is -2.23. The summed E-state index contributed by atoms with van der Waals surface area (Å²) < 4.78 is 82.0. The molecule has 25 heavy (non-hydrogen) atoms. The van der Waals surface area contributed by atoms with Crippen LogP contribution in [0.4, 0.5) is 32.0 Å². The molecule has 2 aromatic rings. The van der Waals surface area contributed by atoms with Crippen LogP contribution in [-0.2, 0) is 0 Å². The maximum atomic E-state index is 12.7. The fraction of sp³-hybridized carbons (Fsp3) is 0.294. The summed E-state index contributed by atoms with van der Waals surface area (Å²) in [6, 6.07) is 7.00. The summed E-state index contributed by atoms with van der Waals surface area (Å²) in [4.78, 5) is 0. The Balaban J connectivity index is 2.31. The number of rotatable bonds is 3. The largest absolute Gasteiger partial charge is 0.457 e. The van der Waals surface area contributed by atoms with Gasteiger partial charge in [-0.25, -0.2) is 0 Å². The van der Waals surface area contributed by atoms with Crippen LogP contribution in [-0.4, -0.2) is 12.4 Å². The monoisotopic (exact) mass is 363 g/mol. The zero-order valence-electron chi connectivity index (χ0n) is 13.3. The van der Waals surface area contributed by atoms with Crippen molar-refractivity contribution < 1.29 is 31.1 Å². The van der Waals surface area contributed by atoms with Crippen LogP contribution in [0.5, 0.6) is 11.5 Å². The normalized spacial score (nSPS) is 12.5. The molecular formula is C17H15F6NO. The van der Waals surface area contributed by atoms with Gasteiger partial charge >= 0.3 is 12.4 Å². The first-order valence-electron chi connectivity index (χ1n) is 7.17. The van der Waals surface area contributed by atoms with Gasteiger partial charge in [0.15, 0.2) is 5.92 Å². The summed E-state index contributed by atoms with van der Waals surface area (Å²) in [5, 5.41) is 0. The van der Waals surface area contributed by atoms with Crippen LogP contribution >= 0.6 is 0 Å². The Hall–Kier alpha value is -2.38. The quantitative estimate of drug-likeness (QED) is 0.545. The average Bonchev–Trinajstić information content (AvgIpc) is 2.41. The van der Waals surface area contributed by atoms with E-state index in [-0.39, 0.29) is 5.75 Å². The van der Waals surface area contributed by atoms with E-state index in [2.05, 4.69) is 0 Å². The van der Waals surface area contributed by atoms with Crippen LogP contribution < -0.4 is 10.5 Å². The Labute approximate surface area is 140 Å². The van der Waals surface area contributed by atoms with E-state index in [1.165, 1.54) is 0 Å². The predicted molar refractivity (Wildman–Crippen MR) is 81.7 cm³/mol. The van der Waals surface area contributed by atoms with E-state index in [0.717, 1.165) is 24.3 Å². The third-order valence-corrected chi connectivity index (χ3v) is 3.57. The van der Waals surface area contributed by atoms with E-state index in [9.17, 15) is 26.3 Å². The lowest BCUT2D eigenvalue weighted by molar-refractivity contribution is -0.253. The number of benzene rings is 2. The molecule has 0 aromatic heterocycles. The Morgan fingerprint density at radius 2 is 1.28 bits per heavy atom. The van der Waals surface area contributed by atoms with Crippen molar-refractivity contribution in [3.05, 3.63) is 53.1 Å². The molecule has 2 nitrogen and oxygen atoms in total. The number of hydrogen-bond acceptors (Lipinski definition) is 2. The summed E-state index contributed by atoms with van der Waals surface area (Å²) >= 11 is 0. The molecule has 0 radical (unpaired) electrons. The van der Waals surface area contributed by atoms with E-state index in [1.807, 2.05) is 0 Å². The molecule has 2 aromatic carbocycles. The van der Waals surface area contributed by atoms with E-state index in [1.54, 1.807) is 26.0 Å². The summed E-state index contributed by atoms with van der Waals surface area (Å²) in [6.07, 6.45) is -10.9. The fourth-order valence-electron chi connectivity index (χ4n) is 2.55. The molecule has 2 rings (SSSR count). The van der Waals surface area contributed by atoms with Crippen molar-refractivity contribution >= 4 is 5.69 Å². The summed E-state index contributed by atoms with van der Waals surface area (Å²) in [7, 11) is 0. The Bertz CT molecular complexity index is 712. The van der Waals surface area contributed by atoms with Crippen molar-refractivity contribution in [3.63, 3.8) is 0 Å². The molecule has 0 aliphatic carbocycles. The molecule has 0 unspecified atom stereocenters. The third kappa shape index (κ3) is 4.37. The summed E-state index contributed by atoms with van der Waals surface area (Å²) in [6.45, 7) is 3.47. The third-order valence-electron chi connectivity index (χ3n) is 3.57. The molecule has 0 bridgehead atoms. The number of nitrogen functional groups attached to an aromatic ring is 1. The zero-order valence-corrected chi connectivity index (χ0v) is 13.3. The lowest BCUT2D eigenvalue weighted by Crippen LogP contribution is -2.34. The van der Waals surface area contributed by atoms with E-state index < -0.39 is 23.8 Å². The zero-order chi connectivity index (χ0) is 19.0. The summed E-state index contributed by atoms with van der Waals surface area (Å²) in [5.41, 5.74) is 6.72. The minimum absolute atomic E-state index is 0.128. The molecule has 2 N–H and O–H groups in total. The van der Waals surface area contributed by atoms with Crippen molar-refractivity contribution in [2.45, 2.75) is 32.1 Å². The highest BCUT2D eigenvalue weighted by Crippen LogP contribution is 2.46. The van der Waals surface area contributed by atoms with Gasteiger partial charge in [0.25, 0.3) is 0 Å². The van der Waals surface area contributed by atoms with Gasteiger partial charge < -0.3 is 10.5 Å². The number of aryl methyl sites for hydroxylation is 2. The number of hydrogen-bond donors (Lipinski definition) is 1. The van der Waals surface area contributed by atoms with Crippen LogP contribution in [0.2, 0.25) is 0 Å². The number of ether oxygens (including phenoxy) is 1. The molecule has 0 aliphatic rings. The minimum Gasteiger partial charge on any atom is -0.457 e. The maximum absolute atomic E-state index is 12.7. The van der Waals surface area contributed by atoms with Gasteiger partial charge in [-0.2, -0.15) is 26.3 Å². The number of anilines is 1.